The van der Waals surface area contributed by atoms with E-state index >= 15 is 0 Å². The predicted molar refractivity (Wildman–Crippen MR) is 176 cm³/mol. The van der Waals surface area contributed by atoms with Gasteiger partial charge in [-0.15, -0.1) is 0 Å². The highest BCUT2D eigenvalue weighted by molar-refractivity contribution is 6.11. The summed E-state index contributed by atoms with van der Waals surface area (Å²) in [7, 11) is 5.11. The van der Waals surface area contributed by atoms with Crippen LogP contribution in [0.5, 0.6) is 11.5 Å². The average molecular weight is 631 g/mol. The van der Waals surface area contributed by atoms with Gasteiger partial charge in [0.25, 0.3) is 11.8 Å². The topological polar surface area (TPSA) is 129 Å². The molecular weight excluding hydrogens is 588 g/mol. The van der Waals surface area contributed by atoms with Crippen molar-refractivity contribution in [1.82, 2.24) is 9.80 Å². The van der Waals surface area contributed by atoms with Gasteiger partial charge >= 0.3 is 5.97 Å². The van der Waals surface area contributed by atoms with Crippen molar-refractivity contribution >= 4 is 35.1 Å². The van der Waals surface area contributed by atoms with E-state index in [2.05, 4.69) is 17.3 Å². The number of aromatic carboxylic acids is 1. The number of ether oxygens (including phenoxy) is 2. The van der Waals surface area contributed by atoms with Gasteiger partial charge < -0.3 is 34.6 Å². The first-order chi connectivity index (χ1) is 22.1. The lowest BCUT2D eigenvalue weighted by molar-refractivity contribution is -0.132. The van der Waals surface area contributed by atoms with E-state index in [9.17, 15) is 24.3 Å². The van der Waals surface area contributed by atoms with Crippen molar-refractivity contribution in [1.29, 1.82) is 0 Å². The van der Waals surface area contributed by atoms with E-state index < -0.39 is 11.9 Å². The monoisotopic (exact) mass is 630 g/mol. The number of rotatable bonds is 13. The first kappa shape index (κ1) is 34.0. The Hall–Kier alpha value is -4.90. The minimum absolute atomic E-state index is 0.0457. The number of unbranched alkanes of at least 4 members (excludes halogenated alkanes) is 2. The third kappa shape index (κ3) is 8.63. The number of hydrogen-bond acceptors (Lipinski definition) is 7. The van der Waals surface area contributed by atoms with Gasteiger partial charge in [-0.05, 0) is 81.3 Å². The van der Waals surface area contributed by atoms with Crippen molar-refractivity contribution in [3.05, 3.63) is 82.9 Å². The summed E-state index contributed by atoms with van der Waals surface area (Å²) < 4.78 is 11.6. The van der Waals surface area contributed by atoms with Crippen LogP contribution in [0.3, 0.4) is 0 Å². The van der Waals surface area contributed by atoms with Crippen LogP contribution >= 0.6 is 0 Å². The van der Waals surface area contributed by atoms with Crippen LogP contribution in [0, 0.1) is 6.92 Å². The number of amides is 3. The number of nitrogens with one attached hydrogen (secondary N) is 1. The number of carbonyl (C=O) groups excluding carboxylic acids is 3. The fourth-order valence-electron chi connectivity index (χ4n) is 5.25. The standard InChI is InChI=1S/C35H42N4O7/c1-24-13-16-29(31(22-24)46-21-9-5-6-12-32(40)39-19-17-37(2)18-20-39)38(3)34(42)25-14-15-27(30(23-25)45-4)33(41)36-28-11-8-7-10-26(28)35(43)44/h7-8,10-11,13-16,22-23H,5-6,9,12,17-21H2,1-4H3,(H,36,41)(H,43,44). The van der Waals surface area contributed by atoms with E-state index in [1.54, 1.807) is 19.2 Å². The van der Waals surface area contributed by atoms with Gasteiger partial charge in [-0.1, -0.05) is 18.2 Å². The van der Waals surface area contributed by atoms with Crippen molar-refractivity contribution in [3.8, 4) is 11.5 Å². The molecule has 1 aliphatic heterocycles. The number of piperazine rings is 1. The smallest absolute Gasteiger partial charge is 0.337 e. The van der Waals surface area contributed by atoms with Crippen LogP contribution < -0.4 is 19.7 Å². The van der Waals surface area contributed by atoms with Crippen molar-refractivity contribution in [2.75, 3.05) is 64.2 Å². The lowest BCUT2D eigenvalue weighted by Crippen LogP contribution is -2.47. The SMILES string of the molecule is COc1cc(C(=O)N(C)c2ccc(C)cc2OCCCCCC(=O)N2CCN(C)CC2)ccc1C(=O)Nc1ccccc1C(=O)O. The second kappa shape index (κ2) is 15.9. The summed E-state index contributed by atoms with van der Waals surface area (Å²) in [5, 5.41) is 12.0. The fourth-order valence-corrected chi connectivity index (χ4v) is 5.25. The molecule has 0 spiro atoms. The molecule has 0 radical (unpaired) electrons. The van der Waals surface area contributed by atoms with Gasteiger partial charge in [0.15, 0.2) is 0 Å². The molecule has 0 aromatic heterocycles. The van der Waals surface area contributed by atoms with E-state index in [0.29, 0.717) is 30.0 Å². The van der Waals surface area contributed by atoms with E-state index in [-0.39, 0.29) is 34.4 Å². The number of carboxylic acids is 1. The van der Waals surface area contributed by atoms with Crippen LogP contribution in [0.15, 0.2) is 60.7 Å². The molecule has 3 aromatic rings. The Kier molecular flexibility index (Phi) is 11.7. The van der Waals surface area contributed by atoms with E-state index in [4.69, 9.17) is 9.47 Å². The highest BCUT2D eigenvalue weighted by Gasteiger charge is 2.22. The van der Waals surface area contributed by atoms with Crippen molar-refractivity contribution in [3.63, 3.8) is 0 Å². The van der Waals surface area contributed by atoms with Gasteiger partial charge in [0.2, 0.25) is 5.91 Å². The van der Waals surface area contributed by atoms with Crippen LogP contribution in [0.4, 0.5) is 11.4 Å². The Morgan fingerprint density at radius 1 is 0.891 bits per heavy atom. The molecule has 1 fully saturated rings. The average Bonchev–Trinajstić information content (AvgIpc) is 3.05. The maximum absolute atomic E-state index is 13.6. The molecule has 1 heterocycles. The van der Waals surface area contributed by atoms with Crippen molar-refractivity contribution < 1.29 is 33.8 Å². The summed E-state index contributed by atoms with van der Waals surface area (Å²) >= 11 is 0. The lowest BCUT2D eigenvalue weighted by Gasteiger charge is -2.32. The van der Waals surface area contributed by atoms with E-state index in [1.807, 2.05) is 30.0 Å². The number of carboxylic acid groups (broad SMARTS) is 1. The number of methoxy groups -OCH3 is 1. The molecule has 244 valence electrons. The third-order valence-corrected chi connectivity index (χ3v) is 8.03. The number of hydrogen-bond donors (Lipinski definition) is 2. The van der Waals surface area contributed by atoms with E-state index in [0.717, 1.165) is 51.0 Å². The maximum atomic E-state index is 13.6. The Labute approximate surface area is 269 Å². The molecule has 0 bridgehead atoms. The quantitative estimate of drug-likeness (QED) is 0.254. The van der Waals surface area contributed by atoms with Gasteiger partial charge in [-0.2, -0.15) is 0 Å². The Balaban J connectivity index is 1.36. The summed E-state index contributed by atoms with van der Waals surface area (Å²) in [6, 6.07) is 16.2. The molecule has 0 saturated carbocycles. The predicted octanol–water partition coefficient (Wildman–Crippen LogP) is 4.94. The summed E-state index contributed by atoms with van der Waals surface area (Å²) in [6.07, 6.45) is 2.97. The second-order valence-electron chi connectivity index (χ2n) is 11.4. The first-order valence-electron chi connectivity index (χ1n) is 15.4. The number of aryl methyl sites for hydroxylation is 1. The zero-order valence-corrected chi connectivity index (χ0v) is 26.9. The van der Waals surface area contributed by atoms with Gasteiger partial charge in [0.1, 0.15) is 11.5 Å². The molecule has 2 N–H and O–H groups in total. The molecular formula is C35H42N4O7. The number of carbonyl (C=O) groups is 4. The maximum Gasteiger partial charge on any atom is 0.337 e. The summed E-state index contributed by atoms with van der Waals surface area (Å²) in [4.78, 5) is 56.3. The number of para-hydroxylation sites is 1. The molecule has 11 heteroatoms. The highest BCUT2D eigenvalue weighted by atomic mass is 16.5. The first-order valence-corrected chi connectivity index (χ1v) is 15.4. The Morgan fingerprint density at radius 3 is 2.35 bits per heavy atom. The lowest BCUT2D eigenvalue weighted by atomic mass is 10.1. The molecule has 0 unspecified atom stereocenters. The van der Waals surface area contributed by atoms with Crippen LogP contribution in [-0.4, -0.2) is 92.6 Å². The number of benzene rings is 3. The largest absolute Gasteiger partial charge is 0.496 e. The fraction of sp³-hybridized carbons (Fsp3) is 0.371. The molecule has 4 rings (SSSR count). The van der Waals surface area contributed by atoms with Gasteiger partial charge in [-0.3, -0.25) is 14.4 Å². The molecule has 0 atom stereocenters. The highest BCUT2D eigenvalue weighted by Crippen LogP contribution is 2.31. The number of anilines is 2. The number of nitrogens with zero attached hydrogens (tertiary/aromatic N) is 3. The third-order valence-electron chi connectivity index (χ3n) is 8.03. The molecule has 46 heavy (non-hydrogen) atoms. The molecule has 1 aliphatic rings. The normalized spacial score (nSPS) is 13.2. The summed E-state index contributed by atoms with van der Waals surface area (Å²) in [5.41, 5.74) is 2.11. The summed E-state index contributed by atoms with van der Waals surface area (Å²) in [5.74, 6) is -1.13. The Morgan fingerprint density at radius 2 is 1.63 bits per heavy atom. The Bertz CT molecular complexity index is 1570. The van der Waals surface area contributed by atoms with Gasteiger partial charge in [-0.25, -0.2) is 4.79 Å². The van der Waals surface area contributed by atoms with E-state index in [1.165, 1.54) is 42.3 Å². The molecule has 0 aliphatic carbocycles. The van der Waals surface area contributed by atoms with Gasteiger partial charge in [0, 0.05) is 45.2 Å². The van der Waals surface area contributed by atoms with Gasteiger partial charge in [0.05, 0.1) is 36.2 Å². The number of likely N-dealkylation sites (N-methyl/N-ethyl adjacent to an activating group) is 1. The molecule has 1 saturated heterocycles. The molecule has 3 amide bonds. The van der Waals surface area contributed by atoms with Crippen molar-refractivity contribution in [2.45, 2.75) is 32.6 Å². The zero-order valence-electron chi connectivity index (χ0n) is 26.9. The van der Waals surface area contributed by atoms with Crippen LogP contribution in [-0.2, 0) is 4.79 Å². The molecule has 11 nitrogen and oxygen atoms in total. The van der Waals surface area contributed by atoms with Crippen LogP contribution in [0.25, 0.3) is 0 Å². The summed E-state index contributed by atoms with van der Waals surface area (Å²) in [6.45, 7) is 5.80. The molecule has 3 aromatic carbocycles. The minimum Gasteiger partial charge on any atom is -0.496 e. The van der Waals surface area contributed by atoms with Crippen LogP contribution in [0.2, 0.25) is 0 Å². The van der Waals surface area contributed by atoms with Crippen LogP contribution in [0.1, 0.15) is 62.3 Å². The minimum atomic E-state index is -1.17. The van der Waals surface area contributed by atoms with Crippen molar-refractivity contribution in [2.24, 2.45) is 0 Å². The zero-order chi connectivity index (χ0) is 33.2. The second-order valence-corrected chi connectivity index (χ2v) is 11.4.